The topological polar surface area (TPSA) is 78.5 Å². The number of nitrogens with one attached hydrogen (secondary N) is 2. The average molecular weight is 450 g/mol. The van der Waals surface area contributed by atoms with Crippen molar-refractivity contribution in [1.29, 1.82) is 0 Å². The van der Waals surface area contributed by atoms with Crippen LogP contribution in [-0.2, 0) is 10.0 Å². The predicted octanol–water partition coefficient (Wildman–Crippen LogP) is 4.96. The van der Waals surface area contributed by atoms with E-state index in [-0.39, 0.29) is 10.8 Å². The number of carbonyl (C=O) groups excluding carboxylic acids is 1. The van der Waals surface area contributed by atoms with Crippen molar-refractivity contribution < 1.29 is 13.2 Å². The Labute approximate surface area is 189 Å². The minimum Gasteiger partial charge on any atom is -0.372 e. The number of amides is 1. The van der Waals surface area contributed by atoms with Gasteiger partial charge in [-0.1, -0.05) is 23.8 Å². The van der Waals surface area contributed by atoms with Gasteiger partial charge in [0.1, 0.15) is 0 Å². The van der Waals surface area contributed by atoms with Crippen LogP contribution >= 0.6 is 0 Å². The van der Waals surface area contributed by atoms with E-state index in [0.717, 1.165) is 24.3 Å². The Balaban J connectivity index is 1.50. The minimum atomic E-state index is -3.75. The number of aryl methyl sites for hydroxylation is 1. The summed E-state index contributed by atoms with van der Waals surface area (Å²) in [6, 6.07) is 19.5. The zero-order valence-corrected chi connectivity index (χ0v) is 19.1. The molecule has 0 saturated carbocycles. The van der Waals surface area contributed by atoms with Crippen molar-refractivity contribution in [1.82, 2.24) is 0 Å². The highest BCUT2D eigenvalue weighted by molar-refractivity contribution is 7.92. The molecule has 0 aliphatic carbocycles. The van der Waals surface area contributed by atoms with E-state index in [1.165, 1.54) is 12.8 Å². The second-order valence-corrected chi connectivity index (χ2v) is 9.77. The molecule has 3 aromatic rings. The molecule has 3 aromatic carbocycles. The van der Waals surface area contributed by atoms with Gasteiger partial charge < -0.3 is 10.2 Å². The first kappa shape index (κ1) is 21.9. The van der Waals surface area contributed by atoms with Crippen LogP contribution in [0.1, 0.15) is 34.3 Å². The second kappa shape index (κ2) is 9.04. The van der Waals surface area contributed by atoms with E-state index in [0.29, 0.717) is 22.5 Å². The second-order valence-electron chi connectivity index (χ2n) is 8.09. The van der Waals surface area contributed by atoms with Crippen molar-refractivity contribution in [3.63, 3.8) is 0 Å². The van der Waals surface area contributed by atoms with Crippen LogP contribution in [0.4, 0.5) is 17.1 Å². The third-order valence-electron chi connectivity index (χ3n) is 5.75. The molecule has 2 N–H and O–H groups in total. The molecule has 1 fully saturated rings. The number of benzene rings is 3. The lowest BCUT2D eigenvalue weighted by Gasteiger charge is -2.18. The Morgan fingerprint density at radius 2 is 1.53 bits per heavy atom. The van der Waals surface area contributed by atoms with Gasteiger partial charge in [-0.15, -0.1) is 0 Å². The van der Waals surface area contributed by atoms with E-state index in [1.807, 2.05) is 31.2 Å². The molecular weight excluding hydrogens is 422 g/mol. The van der Waals surface area contributed by atoms with Gasteiger partial charge in [0.2, 0.25) is 0 Å². The van der Waals surface area contributed by atoms with E-state index >= 15 is 0 Å². The van der Waals surface area contributed by atoms with Crippen LogP contribution in [0, 0.1) is 13.8 Å². The molecule has 0 radical (unpaired) electrons. The summed E-state index contributed by atoms with van der Waals surface area (Å²) in [6.45, 7) is 5.76. The number of anilines is 3. The molecule has 0 unspecified atom stereocenters. The van der Waals surface area contributed by atoms with Gasteiger partial charge in [-0.25, -0.2) is 8.42 Å². The van der Waals surface area contributed by atoms with Gasteiger partial charge in [0, 0.05) is 30.0 Å². The third-order valence-corrected chi connectivity index (χ3v) is 7.13. The molecule has 7 heteroatoms. The largest absolute Gasteiger partial charge is 0.372 e. The van der Waals surface area contributed by atoms with Crippen LogP contribution in [0.25, 0.3) is 0 Å². The zero-order chi connectivity index (χ0) is 22.7. The normalized spacial score (nSPS) is 13.8. The molecule has 0 bridgehead atoms. The maximum absolute atomic E-state index is 12.9. The fourth-order valence-corrected chi connectivity index (χ4v) is 4.97. The lowest BCUT2D eigenvalue weighted by molar-refractivity contribution is 0.102. The van der Waals surface area contributed by atoms with Crippen molar-refractivity contribution in [2.45, 2.75) is 31.6 Å². The van der Waals surface area contributed by atoms with Gasteiger partial charge in [-0.05, 0) is 80.8 Å². The number of rotatable bonds is 6. The fourth-order valence-electron chi connectivity index (χ4n) is 3.84. The smallest absolute Gasteiger partial charge is 0.261 e. The molecule has 1 aliphatic heterocycles. The van der Waals surface area contributed by atoms with Crippen LogP contribution in [-0.4, -0.2) is 27.4 Å². The highest BCUT2D eigenvalue weighted by Gasteiger charge is 2.18. The Kier molecular flexibility index (Phi) is 6.19. The minimum absolute atomic E-state index is 0.176. The molecule has 0 aromatic heterocycles. The Bertz CT molecular complexity index is 1210. The summed E-state index contributed by atoms with van der Waals surface area (Å²) in [7, 11) is -3.75. The van der Waals surface area contributed by atoms with E-state index in [1.54, 1.807) is 49.4 Å². The lowest BCUT2D eigenvalue weighted by Crippen LogP contribution is -2.18. The molecule has 166 valence electrons. The van der Waals surface area contributed by atoms with Crippen molar-refractivity contribution in [2.75, 3.05) is 28.0 Å². The monoisotopic (exact) mass is 449 g/mol. The first-order valence-electron chi connectivity index (χ1n) is 10.7. The third kappa shape index (κ3) is 4.78. The highest BCUT2D eigenvalue weighted by atomic mass is 32.2. The van der Waals surface area contributed by atoms with Gasteiger partial charge in [-0.3, -0.25) is 9.52 Å². The molecular formula is C25H27N3O3S. The average Bonchev–Trinajstić information content (AvgIpc) is 3.31. The summed E-state index contributed by atoms with van der Waals surface area (Å²) >= 11 is 0. The molecule has 1 heterocycles. The first-order chi connectivity index (χ1) is 15.3. The van der Waals surface area contributed by atoms with E-state index < -0.39 is 10.0 Å². The Morgan fingerprint density at radius 3 is 2.19 bits per heavy atom. The van der Waals surface area contributed by atoms with Crippen LogP contribution < -0.4 is 14.9 Å². The van der Waals surface area contributed by atoms with E-state index in [4.69, 9.17) is 0 Å². The van der Waals surface area contributed by atoms with Crippen LogP contribution in [0.15, 0.2) is 71.6 Å². The molecule has 32 heavy (non-hydrogen) atoms. The maximum Gasteiger partial charge on any atom is 0.261 e. The standard InChI is InChI=1S/C25H27N3O3S/c1-18-8-14-22(15-9-18)32(30,31)27-24-7-5-6-23(19(24)2)25(29)26-20-10-12-21(13-11-20)28-16-3-4-17-28/h5-15,27H,3-4,16-17H2,1-2H3,(H,26,29). The SMILES string of the molecule is Cc1ccc(S(=O)(=O)Nc2cccc(C(=O)Nc3ccc(N4CCCC4)cc3)c2C)cc1. The van der Waals surface area contributed by atoms with E-state index in [2.05, 4.69) is 14.9 Å². The van der Waals surface area contributed by atoms with Gasteiger partial charge in [0.05, 0.1) is 10.6 Å². The van der Waals surface area contributed by atoms with Crippen molar-refractivity contribution in [3.8, 4) is 0 Å². The summed E-state index contributed by atoms with van der Waals surface area (Å²) in [5.74, 6) is -0.284. The maximum atomic E-state index is 12.9. The van der Waals surface area contributed by atoms with Crippen LogP contribution in [0.2, 0.25) is 0 Å². The summed E-state index contributed by atoms with van der Waals surface area (Å²) < 4.78 is 28.1. The molecule has 1 aliphatic rings. The predicted molar refractivity (Wildman–Crippen MR) is 129 cm³/mol. The molecule has 0 atom stereocenters. The number of sulfonamides is 1. The van der Waals surface area contributed by atoms with Crippen molar-refractivity contribution in [2.24, 2.45) is 0 Å². The quantitative estimate of drug-likeness (QED) is 0.558. The molecule has 1 saturated heterocycles. The number of hydrogen-bond acceptors (Lipinski definition) is 4. The van der Waals surface area contributed by atoms with E-state index in [9.17, 15) is 13.2 Å². The van der Waals surface area contributed by atoms with Crippen LogP contribution in [0.5, 0.6) is 0 Å². The fraction of sp³-hybridized carbons (Fsp3) is 0.240. The number of carbonyl (C=O) groups is 1. The summed E-state index contributed by atoms with van der Waals surface area (Å²) in [5, 5.41) is 2.91. The number of hydrogen-bond donors (Lipinski definition) is 2. The highest BCUT2D eigenvalue weighted by Crippen LogP contribution is 2.25. The number of nitrogens with zero attached hydrogens (tertiary/aromatic N) is 1. The lowest BCUT2D eigenvalue weighted by atomic mass is 10.1. The zero-order valence-electron chi connectivity index (χ0n) is 18.3. The Hall–Kier alpha value is -3.32. The summed E-state index contributed by atoms with van der Waals surface area (Å²) in [5.41, 5.74) is 4.19. The van der Waals surface area contributed by atoms with Gasteiger partial charge >= 0.3 is 0 Å². The Morgan fingerprint density at radius 1 is 0.875 bits per heavy atom. The van der Waals surface area contributed by atoms with Gasteiger partial charge in [0.15, 0.2) is 0 Å². The summed E-state index contributed by atoms with van der Waals surface area (Å²) in [4.78, 5) is 15.4. The molecule has 0 spiro atoms. The van der Waals surface area contributed by atoms with Crippen molar-refractivity contribution >= 4 is 33.0 Å². The van der Waals surface area contributed by atoms with Crippen LogP contribution in [0.3, 0.4) is 0 Å². The van der Waals surface area contributed by atoms with Crippen molar-refractivity contribution in [3.05, 3.63) is 83.4 Å². The molecule has 4 rings (SSSR count). The molecule has 1 amide bonds. The first-order valence-corrected chi connectivity index (χ1v) is 12.2. The summed E-state index contributed by atoms with van der Waals surface area (Å²) in [6.07, 6.45) is 2.42. The van der Waals surface area contributed by atoms with Gasteiger partial charge in [0.25, 0.3) is 15.9 Å². The van der Waals surface area contributed by atoms with Gasteiger partial charge in [-0.2, -0.15) is 0 Å². The molecule has 6 nitrogen and oxygen atoms in total.